The minimum atomic E-state index is -0.850. The summed E-state index contributed by atoms with van der Waals surface area (Å²) in [5, 5.41) is 14.5. The number of rotatable bonds is 3. The molecule has 0 aliphatic carbocycles. The van der Waals surface area contributed by atoms with Crippen LogP contribution in [-0.2, 0) is 11.2 Å². The molecule has 3 rings (SSSR count). The van der Waals surface area contributed by atoms with Crippen molar-refractivity contribution in [3.8, 4) is 0 Å². The molecule has 0 atom stereocenters. The Morgan fingerprint density at radius 3 is 2.80 bits per heavy atom. The summed E-state index contributed by atoms with van der Waals surface area (Å²) in [5.41, 5.74) is 5.98. The molecule has 3 N–H and O–H groups in total. The molecule has 1 aromatic rings. The van der Waals surface area contributed by atoms with Gasteiger partial charge in [-0.25, -0.2) is 10.2 Å². The highest BCUT2D eigenvalue weighted by Crippen LogP contribution is 2.28. The summed E-state index contributed by atoms with van der Waals surface area (Å²) in [6, 6.07) is 8.33. The summed E-state index contributed by atoms with van der Waals surface area (Å²) in [5.74, 6) is -0.850. The minimum Gasteiger partial charge on any atom is -0.478 e. The van der Waals surface area contributed by atoms with Gasteiger partial charge >= 0.3 is 5.97 Å². The van der Waals surface area contributed by atoms with Crippen LogP contribution < -0.4 is 15.8 Å². The number of hydrogen-bond donors (Lipinski definition) is 3. The third-order valence-electron chi connectivity index (χ3n) is 3.85. The third kappa shape index (κ3) is 2.69. The summed E-state index contributed by atoms with van der Waals surface area (Å²) in [6.45, 7) is 2.01. The smallest absolute Gasteiger partial charge is 0.333 e. The quantitative estimate of drug-likeness (QED) is 0.774. The van der Waals surface area contributed by atoms with Gasteiger partial charge in [-0.05, 0) is 37.6 Å². The number of benzene rings is 1. The lowest BCUT2D eigenvalue weighted by Gasteiger charge is -2.34. The number of carboxylic acid groups (broad SMARTS) is 1. The highest BCUT2D eigenvalue weighted by molar-refractivity contribution is 5.89. The molecule has 2 aliphatic rings. The van der Waals surface area contributed by atoms with Crippen LogP contribution in [-0.4, -0.2) is 30.2 Å². The summed E-state index contributed by atoms with van der Waals surface area (Å²) < 4.78 is 0. The molecule has 2 heterocycles. The Morgan fingerprint density at radius 1 is 1.30 bits per heavy atom. The maximum Gasteiger partial charge on any atom is 0.333 e. The van der Waals surface area contributed by atoms with E-state index < -0.39 is 5.97 Å². The van der Waals surface area contributed by atoms with Crippen molar-refractivity contribution in [1.29, 1.82) is 0 Å². The van der Waals surface area contributed by atoms with Crippen molar-refractivity contribution in [1.82, 2.24) is 10.7 Å². The largest absolute Gasteiger partial charge is 0.478 e. The van der Waals surface area contributed by atoms with Gasteiger partial charge in [0.05, 0.1) is 11.3 Å². The molecular formula is C15H19N3O2. The Kier molecular flexibility index (Phi) is 3.71. The molecule has 20 heavy (non-hydrogen) atoms. The molecule has 0 saturated carbocycles. The lowest BCUT2D eigenvalue weighted by Crippen LogP contribution is -2.48. The van der Waals surface area contributed by atoms with Crippen LogP contribution >= 0.6 is 0 Å². The topological polar surface area (TPSA) is 64.6 Å². The van der Waals surface area contributed by atoms with E-state index >= 15 is 0 Å². The molecule has 106 valence electrons. The fourth-order valence-corrected chi connectivity index (χ4v) is 2.76. The average Bonchev–Trinajstić information content (AvgIpc) is 2.48. The first-order chi connectivity index (χ1) is 9.74. The number of carbonyl (C=O) groups is 1. The number of nitrogens with zero attached hydrogens (tertiary/aromatic N) is 1. The Morgan fingerprint density at radius 2 is 2.05 bits per heavy atom. The first-order valence-corrected chi connectivity index (χ1v) is 7.02. The van der Waals surface area contributed by atoms with Crippen LogP contribution in [0.4, 0.5) is 5.69 Å². The van der Waals surface area contributed by atoms with Crippen LogP contribution in [0, 0.1) is 0 Å². The van der Waals surface area contributed by atoms with Crippen molar-refractivity contribution >= 4 is 11.7 Å². The number of carboxylic acids is 1. The molecule has 1 saturated heterocycles. The highest BCUT2D eigenvalue weighted by atomic mass is 16.4. The molecule has 0 amide bonds. The Balaban J connectivity index is 1.84. The number of hydrogen-bond acceptors (Lipinski definition) is 4. The monoisotopic (exact) mass is 273 g/mol. The van der Waals surface area contributed by atoms with Gasteiger partial charge in [-0.1, -0.05) is 18.2 Å². The van der Waals surface area contributed by atoms with Crippen LogP contribution in [0.3, 0.4) is 0 Å². The predicted octanol–water partition coefficient (Wildman–Crippen LogP) is 1.27. The van der Waals surface area contributed by atoms with Crippen molar-refractivity contribution in [3.63, 3.8) is 0 Å². The number of piperidine rings is 1. The van der Waals surface area contributed by atoms with E-state index in [1.54, 1.807) is 6.20 Å². The van der Waals surface area contributed by atoms with Gasteiger partial charge < -0.3 is 10.4 Å². The zero-order chi connectivity index (χ0) is 13.9. The lowest BCUT2D eigenvalue weighted by molar-refractivity contribution is -0.132. The molecule has 5 nitrogen and oxygen atoms in total. The van der Waals surface area contributed by atoms with Crippen molar-refractivity contribution in [3.05, 3.63) is 41.6 Å². The number of aliphatic carboxylic acids is 1. The molecule has 2 aliphatic heterocycles. The Hall–Kier alpha value is -1.85. The lowest BCUT2D eigenvalue weighted by atomic mass is 10.0. The van der Waals surface area contributed by atoms with Gasteiger partial charge in [-0.15, -0.1) is 0 Å². The maximum atomic E-state index is 11.3. The number of para-hydroxylation sites is 1. The summed E-state index contributed by atoms with van der Waals surface area (Å²) in [7, 11) is 0. The van der Waals surface area contributed by atoms with Crippen molar-refractivity contribution in [2.24, 2.45) is 0 Å². The van der Waals surface area contributed by atoms with Crippen LogP contribution in [0.5, 0.6) is 0 Å². The summed E-state index contributed by atoms with van der Waals surface area (Å²) in [6.07, 6.45) is 4.30. The number of anilines is 1. The zero-order valence-electron chi connectivity index (χ0n) is 11.3. The normalized spacial score (nSPS) is 19.4. The van der Waals surface area contributed by atoms with Crippen molar-refractivity contribution in [2.75, 3.05) is 18.1 Å². The van der Waals surface area contributed by atoms with Gasteiger partial charge in [0.25, 0.3) is 0 Å². The van der Waals surface area contributed by atoms with Crippen LogP contribution in [0.15, 0.2) is 36.0 Å². The molecule has 0 unspecified atom stereocenters. The average molecular weight is 273 g/mol. The number of nitrogens with one attached hydrogen (secondary N) is 2. The second-order valence-corrected chi connectivity index (χ2v) is 5.29. The van der Waals surface area contributed by atoms with Crippen molar-refractivity contribution < 1.29 is 9.90 Å². The van der Waals surface area contributed by atoms with E-state index in [0.717, 1.165) is 37.2 Å². The molecule has 1 fully saturated rings. The van der Waals surface area contributed by atoms with Crippen LogP contribution in [0.2, 0.25) is 0 Å². The molecule has 0 aromatic heterocycles. The predicted molar refractivity (Wildman–Crippen MR) is 77.4 cm³/mol. The van der Waals surface area contributed by atoms with E-state index in [2.05, 4.69) is 10.7 Å². The summed E-state index contributed by atoms with van der Waals surface area (Å²) >= 11 is 0. The van der Waals surface area contributed by atoms with E-state index in [-0.39, 0.29) is 0 Å². The molecule has 5 heteroatoms. The van der Waals surface area contributed by atoms with Crippen molar-refractivity contribution in [2.45, 2.75) is 25.3 Å². The van der Waals surface area contributed by atoms with Gasteiger partial charge in [-0.2, -0.15) is 0 Å². The fourth-order valence-electron chi connectivity index (χ4n) is 2.76. The Labute approximate surface area is 118 Å². The molecular weight excluding hydrogens is 254 g/mol. The maximum absolute atomic E-state index is 11.3. The Bertz CT molecular complexity index is 536. The fraction of sp³-hybridized carbons (Fsp3) is 0.400. The van der Waals surface area contributed by atoms with E-state index in [0.29, 0.717) is 18.0 Å². The first-order valence-electron chi connectivity index (χ1n) is 7.02. The van der Waals surface area contributed by atoms with Gasteiger partial charge in [0, 0.05) is 18.7 Å². The van der Waals surface area contributed by atoms with Crippen LogP contribution in [0.25, 0.3) is 0 Å². The zero-order valence-corrected chi connectivity index (χ0v) is 11.3. The van der Waals surface area contributed by atoms with Gasteiger partial charge in [0.2, 0.25) is 0 Å². The molecule has 0 bridgehead atoms. The van der Waals surface area contributed by atoms with E-state index in [1.165, 1.54) is 0 Å². The van der Waals surface area contributed by atoms with Gasteiger partial charge in [0.1, 0.15) is 0 Å². The third-order valence-corrected chi connectivity index (χ3v) is 3.85. The standard InChI is InChI=1S/C15H19N3O2/c19-15(20)12-9-11-3-1-2-4-14(11)18(10-12)17-13-5-7-16-8-6-13/h1-4,10,13,16-17H,5-9H2,(H,19,20). The van der Waals surface area contributed by atoms with Gasteiger partial charge in [0.15, 0.2) is 0 Å². The van der Waals surface area contributed by atoms with Gasteiger partial charge in [-0.3, -0.25) is 5.01 Å². The number of fused-ring (bicyclic) bond motifs is 1. The van der Waals surface area contributed by atoms with E-state index in [9.17, 15) is 9.90 Å². The first kappa shape index (κ1) is 13.1. The summed E-state index contributed by atoms with van der Waals surface area (Å²) in [4.78, 5) is 11.3. The number of hydrazine groups is 1. The van der Waals surface area contributed by atoms with Crippen LogP contribution in [0.1, 0.15) is 18.4 Å². The molecule has 0 radical (unpaired) electrons. The van der Waals surface area contributed by atoms with E-state index in [4.69, 9.17) is 0 Å². The second kappa shape index (κ2) is 5.64. The minimum absolute atomic E-state index is 0.383. The molecule has 0 spiro atoms. The SMILES string of the molecule is O=C(O)C1=CN(NC2CCNCC2)c2ccccc2C1. The highest BCUT2D eigenvalue weighted by Gasteiger charge is 2.23. The van der Waals surface area contributed by atoms with E-state index in [1.807, 2.05) is 29.3 Å². The molecule has 1 aromatic carbocycles. The second-order valence-electron chi connectivity index (χ2n) is 5.29.